The molecule has 100 valence electrons. The second-order valence-electron chi connectivity index (χ2n) is 3.88. The van der Waals surface area contributed by atoms with Crippen LogP contribution in [0.2, 0.25) is 0 Å². The van der Waals surface area contributed by atoms with Crippen molar-refractivity contribution in [3.63, 3.8) is 0 Å². The second kappa shape index (κ2) is 6.65. The van der Waals surface area contributed by atoms with Crippen LogP contribution in [0.5, 0.6) is 0 Å². The molecule has 0 N–H and O–H groups in total. The third-order valence-electron chi connectivity index (χ3n) is 2.54. The highest BCUT2D eigenvalue weighted by Gasteiger charge is 2.31. The minimum absolute atomic E-state index is 0.0491. The van der Waals surface area contributed by atoms with Crippen molar-refractivity contribution in [2.75, 3.05) is 20.3 Å². The highest BCUT2D eigenvalue weighted by molar-refractivity contribution is 9.10. The summed E-state index contributed by atoms with van der Waals surface area (Å²) in [4.78, 5) is 14.4. The quantitative estimate of drug-likeness (QED) is 0.610. The summed E-state index contributed by atoms with van der Waals surface area (Å²) in [6, 6.07) is 7.79. The van der Waals surface area contributed by atoms with E-state index in [4.69, 9.17) is 17.0 Å². The molecule has 1 amide bonds. The normalized spacial score (nSPS) is 17.6. The maximum atomic E-state index is 12.2. The van der Waals surface area contributed by atoms with E-state index in [1.807, 2.05) is 30.3 Å². The number of benzene rings is 1. The van der Waals surface area contributed by atoms with Crippen LogP contribution in [0, 0.1) is 0 Å². The van der Waals surface area contributed by atoms with Gasteiger partial charge in [0, 0.05) is 11.6 Å². The number of nitrogens with zero attached hydrogens (tertiary/aromatic N) is 1. The summed E-state index contributed by atoms with van der Waals surface area (Å²) >= 11 is 9.95. The van der Waals surface area contributed by atoms with Crippen LogP contribution in [-0.4, -0.2) is 35.4 Å². The maximum absolute atomic E-state index is 12.2. The van der Waals surface area contributed by atoms with Gasteiger partial charge < -0.3 is 4.74 Å². The van der Waals surface area contributed by atoms with Gasteiger partial charge in [0.25, 0.3) is 5.91 Å². The predicted molar refractivity (Wildman–Crippen MR) is 85.9 cm³/mol. The number of thioether (sulfide) groups is 1. The Morgan fingerprint density at radius 1 is 1.53 bits per heavy atom. The first-order valence-corrected chi connectivity index (χ1v) is 7.63. The van der Waals surface area contributed by atoms with Crippen LogP contribution in [0.4, 0.5) is 0 Å². The van der Waals surface area contributed by atoms with Crippen molar-refractivity contribution in [3.05, 3.63) is 39.2 Å². The highest BCUT2D eigenvalue weighted by Crippen LogP contribution is 2.32. The number of thiocarbonyl (C=S) groups is 1. The number of ether oxygens (including phenoxy) is 1. The monoisotopic (exact) mass is 357 g/mol. The van der Waals surface area contributed by atoms with Gasteiger partial charge in [-0.05, 0) is 23.8 Å². The van der Waals surface area contributed by atoms with Crippen molar-refractivity contribution < 1.29 is 9.53 Å². The van der Waals surface area contributed by atoms with Gasteiger partial charge in [-0.1, -0.05) is 52.0 Å². The van der Waals surface area contributed by atoms with E-state index in [0.29, 0.717) is 22.4 Å². The topological polar surface area (TPSA) is 29.5 Å². The van der Waals surface area contributed by atoms with E-state index >= 15 is 0 Å². The molecule has 0 radical (unpaired) electrons. The molecule has 2 rings (SSSR count). The number of methoxy groups -OCH3 is 1. The van der Waals surface area contributed by atoms with Gasteiger partial charge in [0.2, 0.25) is 0 Å². The van der Waals surface area contributed by atoms with Crippen LogP contribution in [0.25, 0.3) is 6.08 Å². The summed E-state index contributed by atoms with van der Waals surface area (Å²) in [5.74, 6) is -0.0491. The van der Waals surface area contributed by atoms with Crippen LogP contribution in [0.15, 0.2) is 33.6 Å². The smallest absolute Gasteiger partial charge is 0.266 e. The molecule has 1 aromatic carbocycles. The summed E-state index contributed by atoms with van der Waals surface area (Å²) in [6.07, 6.45) is 1.86. The van der Waals surface area contributed by atoms with Crippen LogP contribution in [0.3, 0.4) is 0 Å². The molecular weight excluding hydrogens is 346 g/mol. The maximum Gasteiger partial charge on any atom is 0.266 e. The van der Waals surface area contributed by atoms with Crippen molar-refractivity contribution in [1.82, 2.24) is 4.90 Å². The van der Waals surface area contributed by atoms with Crippen molar-refractivity contribution in [3.8, 4) is 0 Å². The van der Waals surface area contributed by atoms with Gasteiger partial charge >= 0.3 is 0 Å². The third-order valence-corrected chi connectivity index (χ3v) is 4.41. The summed E-state index contributed by atoms with van der Waals surface area (Å²) in [6.45, 7) is 0.980. The number of rotatable bonds is 4. The number of carbonyl (C=O) groups is 1. The predicted octanol–water partition coefficient (Wildman–Crippen LogP) is 3.30. The van der Waals surface area contributed by atoms with Gasteiger partial charge in [-0.25, -0.2) is 0 Å². The first-order chi connectivity index (χ1) is 9.11. The van der Waals surface area contributed by atoms with E-state index in [0.717, 1.165) is 10.0 Å². The number of halogens is 1. The minimum atomic E-state index is -0.0491. The van der Waals surface area contributed by atoms with Crippen molar-refractivity contribution in [2.24, 2.45) is 0 Å². The zero-order valence-electron chi connectivity index (χ0n) is 10.3. The molecule has 0 spiro atoms. The summed E-state index contributed by atoms with van der Waals surface area (Å²) in [5, 5.41) is 0. The molecule has 0 aromatic heterocycles. The Labute approximate surface area is 130 Å². The van der Waals surface area contributed by atoms with Crippen LogP contribution in [-0.2, 0) is 9.53 Å². The molecule has 6 heteroatoms. The highest BCUT2D eigenvalue weighted by atomic mass is 79.9. The van der Waals surface area contributed by atoms with Crippen molar-refractivity contribution >= 4 is 56.2 Å². The third kappa shape index (κ3) is 3.66. The molecule has 0 unspecified atom stereocenters. The van der Waals surface area contributed by atoms with Crippen LogP contribution < -0.4 is 0 Å². The molecule has 1 aromatic rings. The Morgan fingerprint density at radius 2 is 2.32 bits per heavy atom. The minimum Gasteiger partial charge on any atom is -0.383 e. The van der Waals surface area contributed by atoms with Crippen molar-refractivity contribution in [2.45, 2.75) is 0 Å². The first-order valence-electron chi connectivity index (χ1n) is 5.61. The molecule has 1 aliphatic rings. The standard InChI is InChI=1S/C13H12BrNO2S2/c1-17-6-5-15-12(16)11(19-13(15)18)8-9-3-2-4-10(14)7-9/h2-4,7-8H,5-6H2,1H3/b11-8-. The average Bonchev–Trinajstić information content (AvgIpc) is 2.62. The summed E-state index contributed by atoms with van der Waals surface area (Å²) < 4.78 is 6.55. The van der Waals surface area contributed by atoms with Gasteiger partial charge in [-0.3, -0.25) is 9.69 Å². The van der Waals surface area contributed by atoms with E-state index in [1.54, 1.807) is 12.0 Å². The lowest BCUT2D eigenvalue weighted by atomic mass is 10.2. The fraction of sp³-hybridized carbons (Fsp3) is 0.231. The lowest BCUT2D eigenvalue weighted by Gasteiger charge is -2.12. The number of hydrogen-bond acceptors (Lipinski definition) is 4. The first kappa shape index (κ1) is 14.7. The Balaban J connectivity index is 2.18. The van der Waals surface area contributed by atoms with E-state index < -0.39 is 0 Å². The molecule has 0 bridgehead atoms. The molecule has 19 heavy (non-hydrogen) atoms. The number of amides is 1. The van der Waals surface area contributed by atoms with Gasteiger partial charge in [-0.2, -0.15) is 0 Å². The van der Waals surface area contributed by atoms with Crippen LogP contribution >= 0.6 is 39.9 Å². The van der Waals surface area contributed by atoms with E-state index in [9.17, 15) is 4.79 Å². The lowest BCUT2D eigenvalue weighted by molar-refractivity contribution is -0.122. The van der Waals surface area contributed by atoms with E-state index in [1.165, 1.54) is 11.8 Å². The molecule has 0 saturated carbocycles. The second-order valence-corrected chi connectivity index (χ2v) is 6.47. The van der Waals surface area contributed by atoms with Crippen LogP contribution in [0.1, 0.15) is 5.56 Å². The number of hydrogen-bond donors (Lipinski definition) is 0. The molecule has 1 heterocycles. The van der Waals surface area contributed by atoms with E-state index in [-0.39, 0.29) is 5.91 Å². The largest absolute Gasteiger partial charge is 0.383 e. The summed E-state index contributed by atoms with van der Waals surface area (Å²) in [7, 11) is 1.61. The van der Waals surface area contributed by atoms with Gasteiger partial charge in [0.05, 0.1) is 18.1 Å². The molecule has 3 nitrogen and oxygen atoms in total. The number of carbonyl (C=O) groups excluding carboxylic acids is 1. The molecule has 1 saturated heterocycles. The Kier molecular flexibility index (Phi) is 5.15. The van der Waals surface area contributed by atoms with Crippen molar-refractivity contribution in [1.29, 1.82) is 0 Å². The van der Waals surface area contributed by atoms with Gasteiger partial charge in [0.1, 0.15) is 4.32 Å². The average molecular weight is 358 g/mol. The Morgan fingerprint density at radius 3 is 3.00 bits per heavy atom. The molecule has 1 aliphatic heterocycles. The fourth-order valence-electron chi connectivity index (χ4n) is 1.62. The zero-order chi connectivity index (χ0) is 13.8. The lowest BCUT2D eigenvalue weighted by Crippen LogP contribution is -2.31. The summed E-state index contributed by atoms with van der Waals surface area (Å²) in [5.41, 5.74) is 0.974. The SMILES string of the molecule is COCCN1C(=O)/C(=C/c2cccc(Br)c2)SC1=S. The Bertz CT molecular complexity index is 545. The molecule has 0 aliphatic carbocycles. The molecule has 1 fully saturated rings. The van der Waals surface area contributed by atoms with E-state index in [2.05, 4.69) is 15.9 Å². The van der Waals surface area contributed by atoms with Gasteiger partial charge in [0.15, 0.2) is 0 Å². The Hall–Kier alpha value is -0.690. The fourth-order valence-corrected chi connectivity index (χ4v) is 3.35. The zero-order valence-corrected chi connectivity index (χ0v) is 13.5. The van der Waals surface area contributed by atoms with Gasteiger partial charge in [-0.15, -0.1) is 0 Å². The molecular formula is C13H12BrNO2S2. The molecule has 0 atom stereocenters.